The Labute approximate surface area is 204 Å². The molecule has 35 heavy (non-hydrogen) atoms. The van der Waals surface area contributed by atoms with E-state index in [2.05, 4.69) is 15.5 Å². The second-order valence-corrected chi connectivity index (χ2v) is 8.53. The molecule has 1 aliphatic heterocycles. The number of para-hydroxylation sites is 1. The van der Waals surface area contributed by atoms with E-state index < -0.39 is 0 Å². The number of amides is 2. The molecule has 9 nitrogen and oxygen atoms in total. The van der Waals surface area contributed by atoms with Gasteiger partial charge in [0.05, 0.1) is 30.1 Å². The lowest BCUT2D eigenvalue weighted by Gasteiger charge is -2.35. The van der Waals surface area contributed by atoms with Crippen molar-refractivity contribution in [2.24, 2.45) is 0 Å². The van der Waals surface area contributed by atoms with Crippen molar-refractivity contribution in [1.82, 2.24) is 15.0 Å². The fourth-order valence-corrected chi connectivity index (χ4v) is 4.07. The Bertz CT molecular complexity index is 1150. The van der Waals surface area contributed by atoms with E-state index in [-0.39, 0.29) is 36.9 Å². The maximum atomic E-state index is 13.1. The van der Waals surface area contributed by atoms with E-state index in [1.807, 2.05) is 45.0 Å². The molecule has 2 atom stereocenters. The number of aromatic nitrogens is 2. The monoisotopic (exact) mass is 478 g/mol. The average molecular weight is 479 g/mol. The van der Waals surface area contributed by atoms with E-state index >= 15 is 0 Å². The van der Waals surface area contributed by atoms with Crippen LogP contribution in [0.2, 0.25) is 0 Å². The van der Waals surface area contributed by atoms with Crippen molar-refractivity contribution < 1.29 is 23.6 Å². The molecule has 2 heterocycles. The summed E-state index contributed by atoms with van der Waals surface area (Å²) in [6.45, 7) is 7.44. The van der Waals surface area contributed by atoms with Gasteiger partial charge in [-0.15, -0.1) is 0 Å². The fraction of sp³-hybridized carbons (Fsp3) is 0.385. The van der Waals surface area contributed by atoms with E-state index in [0.717, 1.165) is 11.3 Å². The predicted octanol–water partition coefficient (Wildman–Crippen LogP) is 3.96. The van der Waals surface area contributed by atoms with Gasteiger partial charge in [-0.1, -0.05) is 17.3 Å². The number of hydrogen-bond donors (Lipinski definition) is 1. The third-order valence-electron chi connectivity index (χ3n) is 5.60. The first-order valence-corrected chi connectivity index (χ1v) is 11.8. The van der Waals surface area contributed by atoms with Crippen LogP contribution < -0.4 is 10.1 Å². The standard InChI is InChI=1S/C26H30N4O5/c1-4-33-20-11-9-19(10-12-20)25-28-24(35-29-25)14-13-23(31)27-22-8-6-5-7-21(22)26(32)30-15-17(2)34-18(3)16-30/h5-12,17-18H,4,13-16H2,1-3H3,(H,27,31)/t17-,18+. The number of rotatable bonds is 8. The van der Waals surface area contributed by atoms with Crippen LogP contribution in [-0.2, 0) is 16.0 Å². The van der Waals surface area contributed by atoms with Crippen LogP contribution in [0.4, 0.5) is 5.69 Å². The van der Waals surface area contributed by atoms with E-state index in [9.17, 15) is 9.59 Å². The third-order valence-corrected chi connectivity index (χ3v) is 5.60. The quantitative estimate of drug-likeness (QED) is 0.522. The second kappa shape index (κ2) is 11.1. The Morgan fingerprint density at radius 1 is 1.09 bits per heavy atom. The highest BCUT2D eigenvalue weighted by Gasteiger charge is 2.28. The van der Waals surface area contributed by atoms with Crippen molar-refractivity contribution in [3.8, 4) is 17.1 Å². The highest BCUT2D eigenvalue weighted by molar-refractivity contribution is 6.03. The highest BCUT2D eigenvalue weighted by atomic mass is 16.5. The minimum absolute atomic E-state index is 0.0358. The van der Waals surface area contributed by atoms with Crippen LogP contribution in [0.1, 0.15) is 43.4 Å². The van der Waals surface area contributed by atoms with Crippen LogP contribution in [0.3, 0.4) is 0 Å². The van der Waals surface area contributed by atoms with Crippen LogP contribution in [-0.4, -0.2) is 58.8 Å². The Kier molecular flexibility index (Phi) is 7.77. The molecular formula is C26H30N4O5. The summed E-state index contributed by atoms with van der Waals surface area (Å²) in [7, 11) is 0. The predicted molar refractivity (Wildman–Crippen MR) is 130 cm³/mol. The van der Waals surface area contributed by atoms with Gasteiger partial charge in [-0.25, -0.2) is 0 Å². The number of morpholine rings is 1. The molecule has 0 radical (unpaired) electrons. The van der Waals surface area contributed by atoms with Gasteiger partial charge in [-0.2, -0.15) is 4.98 Å². The average Bonchev–Trinajstić information content (AvgIpc) is 3.32. The van der Waals surface area contributed by atoms with Gasteiger partial charge in [-0.3, -0.25) is 9.59 Å². The van der Waals surface area contributed by atoms with Crippen molar-refractivity contribution in [2.75, 3.05) is 25.0 Å². The number of anilines is 1. The third kappa shape index (κ3) is 6.24. The molecule has 3 aromatic rings. The van der Waals surface area contributed by atoms with Gasteiger partial charge in [0.15, 0.2) is 0 Å². The van der Waals surface area contributed by atoms with E-state index in [0.29, 0.717) is 42.7 Å². The number of benzene rings is 2. The van der Waals surface area contributed by atoms with E-state index in [1.54, 1.807) is 29.2 Å². The summed E-state index contributed by atoms with van der Waals surface area (Å²) < 4.78 is 16.5. The first-order valence-electron chi connectivity index (χ1n) is 11.8. The molecule has 0 bridgehead atoms. The molecule has 0 spiro atoms. The minimum atomic E-state index is -0.241. The zero-order valence-electron chi connectivity index (χ0n) is 20.2. The number of carbonyl (C=O) groups excluding carboxylic acids is 2. The fourth-order valence-electron chi connectivity index (χ4n) is 4.07. The van der Waals surface area contributed by atoms with Gasteiger partial charge in [0, 0.05) is 31.5 Å². The zero-order chi connectivity index (χ0) is 24.8. The molecule has 4 rings (SSSR count). The second-order valence-electron chi connectivity index (χ2n) is 8.53. The molecule has 1 N–H and O–H groups in total. The summed E-state index contributed by atoms with van der Waals surface area (Å²) in [4.78, 5) is 32.0. The van der Waals surface area contributed by atoms with Gasteiger partial charge >= 0.3 is 0 Å². The normalized spacial score (nSPS) is 17.7. The van der Waals surface area contributed by atoms with Crippen LogP contribution in [0.25, 0.3) is 11.4 Å². The first kappa shape index (κ1) is 24.4. The lowest BCUT2D eigenvalue weighted by Crippen LogP contribution is -2.48. The number of hydrogen-bond acceptors (Lipinski definition) is 7. The summed E-state index contributed by atoms with van der Waals surface area (Å²) in [6, 6.07) is 14.4. The van der Waals surface area contributed by atoms with E-state index in [4.69, 9.17) is 14.0 Å². The summed E-state index contributed by atoms with van der Waals surface area (Å²) in [6.07, 6.45) is 0.349. The van der Waals surface area contributed by atoms with Crippen LogP contribution in [0.5, 0.6) is 5.75 Å². The lowest BCUT2D eigenvalue weighted by molar-refractivity contribution is -0.116. The van der Waals surface area contributed by atoms with Gasteiger partial charge in [-0.05, 0) is 57.2 Å². The summed E-state index contributed by atoms with van der Waals surface area (Å²) in [5.74, 6) is 1.22. The number of carbonyl (C=O) groups is 2. The molecule has 2 amide bonds. The summed E-state index contributed by atoms with van der Waals surface area (Å²) in [5.41, 5.74) is 1.74. The molecular weight excluding hydrogens is 448 g/mol. The SMILES string of the molecule is CCOc1ccc(-c2noc(CCC(=O)Nc3ccccc3C(=O)N3C[C@@H](C)O[C@@H](C)C3)n2)cc1. The first-order chi connectivity index (χ1) is 16.9. The smallest absolute Gasteiger partial charge is 0.256 e. The molecule has 1 saturated heterocycles. The minimum Gasteiger partial charge on any atom is -0.494 e. The van der Waals surface area contributed by atoms with Crippen molar-refractivity contribution in [1.29, 1.82) is 0 Å². The highest BCUT2D eigenvalue weighted by Crippen LogP contribution is 2.22. The largest absolute Gasteiger partial charge is 0.494 e. The van der Waals surface area contributed by atoms with Gasteiger partial charge in [0.1, 0.15) is 5.75 Å². The van der Waals surface area contributed by atoms with Gasteiger partial charge in [0.2, 0.25) is 17.6 Å². The van der Waals surface area contributed by atoms with Gasteiger partial charge in [0.25, 0.3) is 5.91 Å². The molecule has 2 aromatic carbocycles. The topological polar surface area (TPSA) is 107 Å². The molecule has 0 unspecified atom stereocenters. The van der Waals surface area contributed by atoms with Crippen molar-refractivity contribution in [2.45, 2.75) is 45.8 Å². The Morgan fingerprint density at radius 2 is 1.80 bits per heavy atom. The zero-order valence-corrected chi connectivity index (χ0v) is 20.2. The number of ether oxygens (including phenoxy) is 2. The van der Waals surface area contributed by atoms with E-state index in [1.165, 1.54) is 0 Å². The summed E-state index contributed by atoms with van der Waals surface area (Å²) >= 11 is 0. The van der Waals surface area contributed by atoms with Crippen LogP contribution in [0.15, 0.2) is 53.1 Å². The maximum Gasteiger partial charge on any atom is 0.256 e. The number of nitrogens with one attached hydrogen (secondary N) is 1. The van der Waals surface area contributed by atoms with Crippen molar-refractivity contribution in [3.63, 3.8) is 0 Å². The lowest BCUT2D eigenvalue weighted by atomic mass is 10.1. The molecule has 1 aliphatic rings. The Hall–Kier alpha value is -3.72. The Balaban J connectivity index is 1.35. The van der Waals surface area contributed by atoms with Crippen LogP contribution in [0, 0.1) is 0 Å². The molecule has 0 saturated carbocycles. The molecule has 0 aliphatic carbocycles. The van der Waals surface area contributed by atoms with Crippen molar-refractivity contribution >= 4 is 17.5 Å². The molecule has 1 fully saturated rings. The summed E-state index contributed by atoms with van der Waals surface area (Å²) in [5, 5.41) is 6.86. The molecule has 9 heteroatoms. The maximum absolute atomic E-state index is 13.1. The van der Waals surface area contributed by atoms with Crippen LogP contribution >= 0.6 is 0 Å². The molecule has 1 aromatic heterocycles. The van der Waals surface area contributed by atoms with Gasteiger partial charge < -0.3 is 24.2 Å². The molecule has 184 valence electrons. The number of nitrogens with zero attached hydrogens (tertiary/aromatic N) is 3. The number of aryl methyl sites for hydroxylation is 1. The van der Waals surface area contributed by atoms with Crippen molar-refractivity contribution in [3.05, 3.63) is 60.0 Å². The Morgan fingerprint density at radius 3 is 2.51 bits per heavy atom.